The third kappa shape index (κ3) is 4.54. The quantitative estimate of drug-likeness (QED) is 0.726. The maximum absolute atomic E-state index is 12.0. The maximum atomic E-state index is 12.0. The summed E-state index contributed by atoms with van der Waals surface area (Å²) in [6, 6.07) is 18.5. The Kier molecular flexibility index (Phi) is 5.71. The normalized spacial score (nSPS) is 15.4. The first-order valence-corrected chi connectivity index (χ1v) is 10.1. The molecule has 1 amide bonds. The van der Waals surface area contributed by atoms with Gasteiger partial charge in [0, 0.05) is 44.2 Å². The first kappa shape index (κ1) is 19.3. The van der Waals surface area contributed by atoms with E-state index in [1.54, 1.807) is 19.0 Å². The molecular weight excluding hydrogens is 362 g/mol. The van der Waals surface area contributed by atoms with Gasteiger partial charge in [-0.2, -0.15) is 0 Å². The summed E-state index contributed by atoms with van der Waals surface area (Å²) < 4.78 is 0. The van der Waals surface area contributed by atoms with Crippen LogP contribution in [0.25, 0.3) is 22.3 Å². The van der Waals surface area contributed by atoms with Crippen molar-refractivity contribution >= 4 is 22.6 Å². The molecule has 1 aliphatic heterocycles. The van der Waals surface area contributed by atoms with E-state index < -0.39 is 0 Å². The predicted octanol–water partition coefficient (Wildman–Crippen LogP) is 3.26. The summed E-state index contributed by atoms with van der Waals surface area (Å²) in [5.41, 5.74) is 1.95. The Morgan fingerprint density at radius 2 is 1.72 bits per heavy atom. The number of rotatable bonds is 5. The summed E-state index contributed by atoms with van der Waals surface area (Å²) in [6.45, 7) is 2.31. The summed E-state index contributed by atoms with van der Waals surface area (Å²) in [4.78, 5) is 25.5. The van der Waals surface area contributed by atoms with Gasteiger partial charge >= 0.3 is 0 Å². The van der Waals surface area contributed by atoms with Crippen molar-refractivity contribution in [3.8, 4) is 11.4 Å². The highest BCUT2D eigenvalue weighted by atomic mass is 16.2. The molecule has 0 bridgehead atoms. The molecule has 1 fully saturated rings. The van der Waals surface area contributed by atoms with Gasteiger partial charge in [0.1, 0.15) is 5.82 Å². The van der Waals surface area contributed by atoms with Gasteiger partial charge in [0.25, 0.3) is 0 Å². The number of benzene rings is 2. The van der Waals surface area contributed by atoms with E-state index in [9.17, 15) is 4.79 Å². The number of carbonyl (C=O) groups is 1. The molecule has 1 N–H and O–H groups in total. The highest BCUT2D eigenvalue weighted by molar-refractivity contribution is 5.90. The number of piperidine rings is 1. The molecule has 1 aliphatic rings. The zero-order chi connectivity index (χ0) is 20.2. The number of likely N-dealkylation sites (N-methyl/N-ethyl adjacent to an activating group) is 1. The topological polar surface area (TPSA) is 61.4 Å². The van der Waals surface area contributed by atoms with Crippen LogP contribution in [0.3, 0.4) is 0 Å². The number of carbonyl (C=O) groups excluding carboxylic acids is 1. The van der Waals surface area contributed by atoms with E-state index >= 15 is 0 Å². The van der Waals surface area contributed by atoms with Gasteiger partial charge in [0.05, 0.1) is 12.1 Å². The molecule has 0 radical (unpaired) electrons. The molecule has 0 atom stereocenters. The van der Waals surface area contributed by atoms with Crippen molar-refractivity contribution < 1.29 is 4.79 Å². The van der Waals surface area contributed by atoms with Crippen LogP contribution in [0.4, 0.5) is 5.82 Å². The van der Waals surface area contributed by atoms with Crippen molar-refractivity contribution in [2.45, 2.75) is 18.9 Å². The lowest BCUT2D eigenvalue weighted by molar-refractivity contribution is -0.130. The zero-order valence-corrected chi connectivity index (χ0v) is 17.0. The molecule has 0 saturated carbocycles. The van der Waals surface area contributed by atoms with Crippen LogP contribution in [0, 0.1) is 0 Å². The minimum atomic E-state index is 0.158. The molecule has 6 nitrogen and oxygen atoms in total. The maximum Gasteiger partial charge on any atom is 0.236 e. The third-order valence-corrected chi connectivity index (χ3v) is 5.42. The molecule has 1 saturated heterocycles. The Labute approximate surface area is 171 Å². The van der Waals surface area contributed by atoms with Crippen LogP contribution >= 0.6 is 0 Å². The lowest BCUT2D eigenvalue weighted by Gasteiger charge is -2.32. The van der Waals surface area contributed by atoms with Crippen LogP contribution < -0.4 is 5.32 Å². The Bertz CT molecular complexity index is 981. The minimum absolute atomic E-state index is 0.158. The average Bonchev–Trinajstić information content (AvgIpc) is 2.75. The highest BCUT2D eigenvalue weighted by Crippen LogP contribution is 2.26. The molecule has 1 aromatic heterocycles. The number of anilines is 1. The van der Waals surface area contributed by atoms with E-state index in [4.69, 9.17) is 9.97 Å². The number of hydrogen-bond acceptors (Lipinski definition) is 5. The predicted molar refractivity (Wildman–Crippen MR) is 117 cm³/mol. The summed E-state index contributed by atoms with van der Waals surface area (Å²) >= 11 is 0. The van der Waals surface area contributed by atoms with Crippen LogP contribution in [0.1, 0.15) is 12.8 Å². The van der Waals surface area contributed by atoms with Gasteiger partial charge in [-0.3, -0.25) is 9.69 Å². The Hall–Kier alpha value is -2.99. The third-order valence-electron chi connectivity index (χ3n) is 5.42. The zero-order valence-electron chi connectivity index (χ0n) is 17.0. The first-order valence-electron chi connectivity index (χ1n) is 10.1. The fourth-order valence-electron chi connectivity index (χ4n) is 3.66. The monoisotopic (exact) mass is 389 g/mol. The van der Waals surface area contributed by atoms with Crippen LogP contribution in [0.15, 0.2) is 54.6 Å². The molecule has 4 rings (SSSR count). The largest absolute Gasteiger partial charge is 0.367 e. The molecule has 0 aliphatic carbocycles. The summed E-state index contributed by atoms with van der Waals surface area (Å²) in [7, 11) is 3.61. The second-order valence-electron chi connectivity index (χ2n) is 7.76. The lowest BCUT2D eigenvalue weighted by atomic mass is 10.0. The number of para-hydroxylation sites is 1. The second-order valence-corrected chi connectivity index (χ2v) is 7.76. The van der Waals surface area contributed by atoms with Crippen molar-refractivity contribution in [1.82, 2.24) is 19.8 Å². The van der Waals surface area contributed by atoms with Gasteiger partial charge in [-0.15, -0.1) is 0 Å². The summed E-state index contributed by atoms with van der Waals surface area (Å²) in [5.74, 6) is 1.78. The fraction of sp³-hybridized carbons (Fsp3) is 0.348. The lowest BCUT2D eigenvalue weighted by Crippen LogP contribution is -2.44. The molecule has 0 unspecified atom stereocenters. The van der Waals surface area contributed by atoms with Gasteiger partial charge in [-0.1, -0.05) is 42.5 Å². The van der Waals surface area contributed by atoms with Gasteiger partial charge in [-0.05, 0) is 25.0 Å². The molecule has 29 heavy (non-hydrogen) atoms. The smallest absolute Gasteiger partial charge is 0.236 e. The number of nitrogens with zero attached hydrogens (tertiary/aromatic N) is 4. The molecule has 2 heterocycles. The van der Waals surface area contributed by atoms with Gasteiger partial charge in [0.15, 0.2) is 5.82 Å². The number of fused-ring (bicyclic) bond motifs is 1. The standard InChI is InChI=1S/C23H27N5O/c1-27(2)21(29)16-28-14-12-18(13-15-28)24-23-19-10-6-7-11-20(19)25-22(26-23)17-8-4-3-5-9-17/h3-11,18H,12-16H2,1-2H3,(H,24,25,26). The fourth-order valence-corrected chi connectivity index (χ4v) is 3.66. The van der Waals surface area contributed by atoms with E-state index in [-0.39, 0.29) is 5.91 Å². The van der Waals surface area contributed by atoms with Crippen LogP contribution in [-0.4, -0.2) is 65.4 Å². The van der Waals surface area contributed by atoms with E-state index in [0.29, 0.717) is 12.6 Å². The van der Waals surface area contributed by atoms with Gasteiger partial charge in [-0.25, -0.2) is 9.97 Å². The minimum Gasteiger partial charge on any atom is -0.367 e. The van der Waals surface area contributed by atoms with Crippen LogP contribution in [0.2, 0.25) is 0 Å². The van der Waals surface area contributed by atoms with Crippen molar-refractivity contribution in [3.63, 3.8) is 0 Å². The van der Waals surface area contributed by atoms with Crippen molar-refractivity contribution in [1.29, 1.82) is 0 Å². The van der Waals surface area contributed by atoms with Gasteiger partial charge in [0.2, 0.25) is 5.91 Å². The van der Waals surface area contributed by atoms with Crippen molar-refractivity contribution in [2.24, 2.45) is 0 Å². The van der Waals surface area contributed by atoms with Crippen LogP contribution in [-0.2, 0) is 4.79 Å². The van der Waals surface area contributed by atoms with E-state index in [1.165, 1.54) is 0 Å². The molecule has 2 aromatic carbocycles. The number of nitrogens with one attached hydrogen (secondary N) is 1. The molecule has 6 heteroatoms. The molecule has 150 valence electrons. The highest BCUT2D eigenvalue weighted by Gasteiger charge is 2.22. The van der Waals surface area contributed by atoms with E-state index in [0.717, 1.165) is 54.0 Å². The van der Waals surface area contributed by atoms with E-state index in [1.807, 2.05) is 48.5 Å². The molecule has 3 aromatic rings. The number of aromatic nitrogens is 2. The van der Waals surface area contributed by atoms with Gasteiger partial charge < -0.3 is 10.2 Å². The summed E-state index contributed by atoms with van der Waals surface area (Å²) in [5, 5.41) is 4.70. The first-order chi connectivity index (χ1) is 14.1. The molecule has 0 spiro atoms. The van der Waals surface area contributed by atoms with Crippen molar-refractivity contribution in [3.05, 3.63) is 54.6 Å². The average molecular weight is 390 g/mol. The second kappa shape index (κ2) is 8.57. The van der Waals surface area contributed by atoms with Crippen LogP contribution in [0.5, 0.6) is 0 Å². The SMILES string of the molecule is CN(C)C(=O)CN1CCC(Nc2nc(-c3ccccc3)nc3ccccc23)CC1. The Morgan fingerprint density at radius 3 is 2.45 bits per heavy atom. The van der Waals surface area contributed by atoms with E-state index in [2.05, 4.69) is 16.3 Å². The molecular formula is C23H27N5O. The Morgan fingerprint density at radius 1 is 1.03 bits per heavy atom. The number of likely N-dealkylation sites (tertiary alicyclic amines) is 1. The number of hydrogen-bond donors (Lipinski definition) is 1. The Balaban J connectivity index is 1.52. The van der Waals surface area contributed by atoms with Crippen molar-refractivity contribution in [2.75, 3.05) is 39.0 Å². The summed E-state index contributed by atoms with van der Waals surface area (Å²) in [6.07, 6.45) is 1.97. The number of amides is 1.